The van der Waals surface area contributed by atoms with Crippen molar-refractivity contribution in [1.29, 1.82) is 0 Å². The summed E-state index contributed by atoms with van der Waals surface area (Å²) in [5.41, 5.74) is 2.61. The lowest BCUT2D eigenvalue weighted by atomic mass is 9.93. The maximum absolute atomic E-state index is 12.1. The van der Waals surface area contributed by atoms with Crippen LogP contribution in [0, 0.1) is 0 Å². The summed E-state index contributed by atoms with van der Waals surface area (Å²) in [6.07, 6.45) is 0. The van der Waals surface area contributed by atoms with Gasteiger partial charge >= 0.3 is 0 Å². The molecule has 1 aliphatic heterocycles. The van der Waals surface area contributed by atoms with E-state index in [4.69, 9.17) is 31.0 Å². The number of hydrogen-bond acceptors (Lipinski definition) is 5. The van der Waals surface area contributed by atoms with Gasteiger partial charge < -0.3 is 14.2 Å². The van der Waals surface area contributed by atoms with Gasteiger partial charge in [0.25, 0.3) is 0 Å². The molecule has 0 spiro atoms. The molecule has 144 valence electrons. The number of rotatable bonds is 4. The molecule has 1 heterocycles. The number of ether oxygens (including phenoxy) is 3. The summed E-state index contributed by atoms with van der Waals surface area (Å²) in [7, 11) is -2.40. The van der Waals surface area contributed by atoms with E-state index < -0.39 is 10.0 Å². The molecule has 0 unspecified atom stereocenters. The minimum Gasteiger partial charge on any atom is -0.495 e. The van der Waals surface area contributed by atoms with Gasteiger partial charge in [-0.2, -0.15) is 0 Å². The summed E-state index contributed by atoms with van der Waals surface area (Å²) >= 11 is 6.15. The summed E-state index contributed by atoms with van der Waals surface area (Å²) in [5, 5.41) is 5.91. The van der Waals surface area contributed by atoms with E-state index in [1.54, 1.807) is 42.5 Å². The van der Waals surface area contributed by atoms with E-state index in [9.17, 15) is 8.42 Å². The van der Waals surface area contributed by atoms with Crippen molar-refractivity contribution in [1.82, 2.24) is 0 Å². The first-order chi connectivity index (χ1) is 13.4. The molecule has 0 aliphatic carbocycles. The number of fused-ring (bicyclic) bond motifs is 1. The Hall–Kier alpha value is -2.74. The van der Waals surface area contributed by atoms with E-state index in [0.717, 1.165) is 11.1 Å². The molecular weight excluding hydrogens is 402 g/mol. The smallest absolute Gasteiger partial charge is 0.238 e. The molecule has 3 aromatic rings. The van der Waals surface area contributed by atoms with Crippen molar-refractivity contribution in [3.63, 3.8) is 0 Å². The zero-order valence-corrected chi connectivity index (χ0v) is 16.4. The Bertz CT molecular complexity index is 1180. The van der Waals surface area contributed by atoms with Gasteiger partial charge in [-0.25, -0.2) is 13.6 Å². The van der Waals surface area contributed by atoms with Crippen molar-refractivity contribution in [3.05, 3.63) is 59.6 Å². The molecule has 0 aromatic heterocycles. The fourth-order valence-electron chi connectivity index (χ4n) is 3.17. The van der Waals surface area contributed by atoms with Crippen LogP contribution in [0.1, 0.15) is 0 Å². The van der Waals surface area contributed by atoms with Crippen molar-refractivity contribution in [2.24, 2.45) is 5.14 Å². The maximum Gasteiger partial charge on any atom is 0.238 e. The van der Waals surface area contributed by atoms with Crippen LogP contribution in [0.5, 0.6) is 17.2 Å². The summed E-state index contributed by atoms with van der Waals surface area (Å²) in [6, 6.07) is 15.4. The van der Waals surface area contributed by atoms with Crippen molar-refractivity contribution in [3.8, 4) is 39.5 Å². The summed E-state index contributed by atoms with van der Waals surface area (Å²) in [4.78, 5) is 0.0241. The van der Waals surface area contributed by atoms with Gasteiger partial charge in [0.1, 0.15) is 5.75 Å². The minimum atomic E-state index is -3.93. The van der Waals surface area contributed by atoms with Gasteiger partial charge in [0.15, 0.2) is 11.5 Å². The second-order valence-corrected chi connectivity index (χ2v) is 8.08. The molecule has 0 bridgehead atoms. The van der Waals surface area contributed by atoms with Gasteiger partial charge in [0.05, 0.1) is 17.0 Å². The quantitative estimate of drug-likeness (QED) is 0.691. The van der Waals surface area contributed by atoms with Crippen LogP contribution in [-0.2, 0) is 10.0 Å². The van der Waals surface area contributed by atoms with Gasteiger partial charge in [0.2, 0.25) is 16.8 Å². The zero-order valence-electron chi connectivity index (χ0n) is 14.8. The van der Waals surface area contributed by atoms with Crippen LogP contribution in [-0.4, -0.2) is 22.3 Å². The maximum atomic E-state index is 12.1. The number of halogens is 1. The van der Waals surface area contributed by atoms with E-state index in [0.29, 0.717) is 33.4 Å². The monoisotopic (exact) mass is 417 g/mol. The molecule has 0 fully saturated rings. The van der Waals surface area contributed by atoms with Crippen LogP contribution in [0.2, 0.25) is 5.02 Å². The van der Waals surface area contributed by atoms with E-state index in [1.165, 1.54) is 13.2 Å². The number of primary sulfonamides is 1. The average molecular weight is 418 g/mol. The van der Waals surface area contributed by atoms with Crippen LogP contribution in [0.15, 0.2) is 59.5 Å². The normalized spacial score (nSPS) is 12.8. The van der Waals surface area contributed by atoms with Gasteiger partial charge in [0, 0.05) is 5.56 Å². The molecule has 28 heavy (non-hydrogen) atoms. The Labute approximate surface area is 167 Å². The van der Waals surface area contributed by atoms with E-state index >= 15 is 0 Å². The van der Waals surface area contributed by atoms with Crippen LogP contribution in [0.25, 0.3) is 22.3 Å². The largest absolute Gasteiger partial charge is 0.495 e. The standard InChI is InChI=1S/C20H16ClNO5S/c1-25-17-8-12(6-7-16(17)21)14-9-18-19(27-11-26-18)10-15(14)13-4-2-3-5-20(13)28(22,23)24/h2-10H,11H2,1H3,(H2,22,23,24). The SMILES string of the molecule is COc1cc(-c2cc3c(cc2-c2ccccc2S(N)(=O)=O)OCO3)ccc1Cl. The highest BCUT2D eigenvalue weighted by atomic mass is 35.5. The lowest BCUT2D eigenvalue weighted by Crippen LogP contribution is -2.13. The molecular formula is C20H16ClNO5S. The molecule has 3 aromatic carbocycles. The van der Waals surface area contributed by atoms with Crippen LogP contribution < -0.4 is 19.3 Å². The molecule has 0 radical (unpaired) electrons. The fourth-order valence-corrected chi connectivity index (χ4v) is 4.12. The summed E-state index contributed by atoms with van der Waals surface area (Å²) in [5.74, 6) is 1.60. The van der Waals surface area contributed by atoms with E-state index in [-0.39, 0.29) is 11.7 Å². The van der Waals surface area contributed by atoms with Gasteiger partial charge in [-0.3, -0.25) is 0 Å². The van der Waals surface area contributed by atoms with Crippen LogP contribution in [0.4, 0.5) is 0 Å². The second-order valence-electron chi connectivity index (χ2n) is 6.14. The summed E-state index contributed by atoms with van der Waals surface area (Å²) < 4.78 is 40.6. The van der Waals surface area contributed by atoms with Crippen molar-refractivity contribution >= 4 is 21.6 Å². The third kappa shape index (κ3) is 3.28. The predicted molar refractivity (Wildman–Crippen MR) is 106 cm³/mol. The Kier molecular flexibility index (Phi) is 4.66. The molecule has 0 saturated heterocycles. The van der Waals surface area contributed by atoms with Crippen molar-refractivity contribution < 1.29 is 22.6 Å². The molecule has 6 nitrogen and oxygen atoms in total. The molecule has 4 rings (SSSR count). The Morgan fingerprint density at radius 3 is 2.32 bits per heavy atom. The summed E-state index contributed by atoms with van der Waals surface area (Å²) in [6.45, 7) is 0.0962. The molecule has 0 atom stereocenters. The number of nitrogens with two attached hydrogens (primary N) is 1. The lowest BCUT2D eigenvalue weighted by molar-refractivity contribution is 0.174. The van der Waals surface area contributed by atoms with Gasteiger partial charge in [-0.1, -0.05) is 35.9 Å². The van der Waals surface area contributed by atoms with Gasteiger partial charge in [-0.05, 0) is 47.0 Å². The van der Waals surface area contributed by atoms with Crippen molar-refractivity contribution in [2.45, 2.75) is 4.90 Å². The third-order valence-electron chi connectivity index (χ3n) is 4.46. The first-order valence-corrected chi connectivity index (χ1v) is 10.2. The minimum absolute atomic E-state index is 0.0241. The number of sulfonamides is 1. The van der Waals surface area contributed by atoms with Gasteiger partial charge in [-0.15, -0.1) is 0 Å². The predicted octanol–water partition coefficient (Wildman–Crippen LogP) is 4.06. The van der Waals surface area contributed by atoms with Crippen molar-refractivity contribution in [2.75, 3.05) is 13.9 Å². The molecule has 1 aliphatic rings. The molecule has 0 amide bonds. The topological polar surface area (TPSA) is 87.9 Å². The first-order valence-electron chi connectivity index (χ1n) is 8.28. The Morgan fingerprint density at radius 1 is 0.964 bits per heavy atom. The highest BCUT2D eigenvalue weighted by Gasteiger charge is 2.23. The number of methoxy groups -OCH3 is 1. The zero-order chi connectivity index (χ0) is 19.9. The number of hydrogen-bond donors (Lipinski definition) is 1. The lowest BCUT2D eigenvalue weighted by Gasteiger charge is -2.15. The highest BCUT2D eigenvalue weighted by molar-refractivity contribution is 7.89. The molecule has 2 N–H and O–H groups in total. The van der Waals surface area contributed by atoms with Crippen LogP contribution >= 0.6 is 11.6 Å². The molecule has 0 saturated carbocycles. The Morgan fingerprint density at radius 2 is 1.64 bits per heavy atom. The Balaban J connectivity index is 2.02. The molecule has 8 heteroatoms. The average Bonchev–Trinajstić information content (AvgIpc) is 3.14. The van der Waals surface area contributed by atoms with E-state index in [1.807, 2.05) is 6.07 Å². The fraction of sp³-hybridized carbons (Fsp3) is 0.100. The number of benzene rings is 3. The first kappa shape index (κ1) is 18.6. The van der Waals surface area contributed by atoms with E-state index in [2.05, 4.69) is 0 Å². The van der Waals surface area contributed by atoms with Crippen LogP contribution in [0.3, 0.4) is 0 Å². The third-order valence-corrected chi connectivity index (χ3v) is 5.74. The highest BCUT2D eigenvalue weighted by Crippen LogP contribution is 2.45. The second kappa shape index (κ2) is 7.01.